The molecule has 106 valence electrons. The Bertz CT molecular complexity index is 535. The van der Waals surface area contributed by atoms with E-state index in [0.29, 0.717) is 12.2 Å². The molecule has 19 heavy (non-hydrogen) atoms. The number of anilines is 1. The van der Waals surface area contributed by atoms with Crippen molar-refractivity contribution in [2.45, 2.75) is 25.2 Å². The van der Waals surface area contributed by atoms with Gasteiger partial charge in [-0.05, 0) is 37.6 Å². The van der Waals surface area contributed by atoms with Crippen molar-refractivity contribution in [1.29, 1.82) is 0 Å². The summed E-state index contributed by atoms with van der Waals surface area (Å²) in [5, 5.41) is 2.60. The number of nitrogens with two attached hydrogens (primary N) is 1. The maximum absolute atomic E-state index is 12.0. The Hall–Kier alpha value is -1.60. The fraction of sp³-hybridized carbons (Fsp3) is 0.417. The van der Waals surface area contributed by atoms with Crippen LogP contribution in [-0.2, 0) is 14.8 Å². The molecule has 0 heterocycles. The molecule has 4 N–H and O–H groups in total. The first-order chi connectivity index (χ1) is 8.85. The fourth-order valence-corrected chi connectivity index (χ4v) is 2.77. The quantitative estimate of drug-likeness (QED) is 0.658. The number of sulfonamides is 1. The van der Waals surface area contributed by atoms with Crippen molar-refractivity contribution in [3.05, 3.63) is 23.8 Å². The van der Waals surface area contributed by atoms with Crippen molar-refractivity contribution < 1.29 is 13.2 Å². The highest BCUT2D eigenvalue weighted by Gasteiger charge is 2.14. The maximum atomic E-state index is 12.0. The summed E-state index contributed by atoms with van der Waals surface area (Å²) in [7, 11) is -3.63. The molecule has 6 nitrogen and oxygen atoms in total. The Kier molecular flexibility index (Phi) is 5.31. The van der Waals surface area contributed by atoms with Gasteiger partial charge in [-0.3, -0.25) is 4.79 Å². The van der Waals surface area contributed by atoms with Crippen molar-refractivity contribution in [2.75, 3.05) is 18.8 Å². The van der Waals surface area contributed by atoms with E-state index in [1.165, 1.54) is 12.1 Å². The lowest BCUT2D eigenvalue weighted by Crippen LogP contribution is -2.30. The molecule has 1 rings (SSSR count). The standard InChI is InChI=1S/C12H19N3O3S/c1-3-14-12(16)4-5-15-19(17,18)11-7-9(2)6-10(13)8-11/h6-8,15H,3-5,13H2,1-2H3,(H,14,16). The SMILES string of the molecule is CCNC(=O)CCNS(=O)(=O)c1cc(C)cc(N)c1. The van der Waals surface area contributed by atoms with Crippen LogP contribution in [0.15, 0.2) is 23.1 Å². The lowest BCUT2D eigenvalue weighted by molar-refractivity contribution is -0.120. The molecule has 0 aliphatic heterocycles. The van der Waals surface area contributed by atoms with Crippen LogP contribution in [-0.4, -0.2) is 27.4 Å². The third-order valence-corrected chi connectivity index (χ3v) is 3.84. The molecule has 0 fully saturated rings. The van der Waals surface area contributed by atoms with Crippen molar-refractivity contribution in [1.82, 2.24) is 10.0 Å². The summed E-state index contributed by atoms with van der Waals surface area (Å²) in [6.45, 7) is 4.16. The molecule has 0 aliphatic rings. The van der Waals surface area contributed by atoms with Gasteiger partial charge in [-0.15, -0.1) is 0 Å². The number of hydrogen-bond donors (Lipinski definition) is 3. The van der Waals surface area contributed by atoms with E-state index in [9.17, 15) is 13.2 Å². The van der Waals surface area contributed by atoms with E-state index >= 15 is 0 Å². The van der Waals surface area contributed by atoms with E-state index in [1.54, 1.807) is 19.9 Å². The lowest BCUT2D eigenvalue weighted by atomic mass is 10.2. The molecule has 0 unspecified atom stereocenters. The van der Waals surface area contributed by atoms with Gasteiger partial charge >= 0.3 is 0 Å². The molecule has 7 heteroatoms. The molecule has 1 amide bonds. The predicted molar refractivity (Wildman–Crippen MR) is 74.1 cm³/mol. The molecule has 0 saturated carbocycles. The first-order valence-electron chi connectivity index (χ1n) is 5.98. The van der Waals surface area contributed by atoms with E-state index in [0.717, 1.165) is 5.56 Å². The van der Waals surface area contributed by atoms with Crippen LogP contribution < -0.4 is 15.8 Å². The van der Waals surface area contributed by atoms with E-state index in [-0.39, 0.29) is 23.8 Å². The highest BCUT2D eigenvalue weighted by molar-refractivity contribution is 7.89. The third-order valence-electron chi connectivity index (χ3n) is 2.40. The summed E-state index contributed by atoms with van der Waals surface area (Å²) in [6, 6.07) is 4.61. The van der Waals surface area contributed by atoms with Crippen LogP contribution in [0.3, 0.4) is 0 Å². The molecule has 1 aromatic carbocycles. The minimum Gasteiger partial charge on any atom is -0.399 e. The van der Waals surface area contributed by atoms with Crippen LogP contribution in [0.25, 0.3) is 0 Å². The molecule has 0 spiro atoms. The molecule has 1 aromatic rings. The average molecular weight is 285 g/mol. The summed E-state index contributed by atoms with van der Waals surface area (Å²) in [6.07, 6.45) is 0.106. The molecule has 0 bridgehead atoms. The van der Waals surface area contributed by atoms with E-state index in [4.69, 9.17) is 5.73 Å². The smallest absolute Gasteiger partial charge is 0.240 e. The van der Waals surface area contributed by atoms with Gasteiger partial charge in [0.05, 0.1) is 4.90 Å². The summed E-state index contributed by atoms with van der Waals surface area (Å²) in [4.78, 5) is 11.3. The summed E-state index contributed by atoms with van der Waals surface area (Å²) in [5.74, 6) is -0.186. The van der Waals surface area contributed by atoms with Crippen molar-refractivity contribution in [2.24, 2.45) is 0 Å². The number of benzene rings is 1. The minimum atomic E-state index is -3.63. The zero-order valence-corrected chi connectivity index (χ0v) is 11.9. The van der Waals surface area contributed by atoms with Crippen molar-refractivity contribution in [3.8, 4) is 0 Å². The summed E-state index contributed by atoms with van der Waals surface area (Å²) in [5.41, 5.74) is 6.78. The van der Waals surface area contributed by atoms with Gasteiger partial charge in [-0.2, -0.15) is 0 Å². The first kappa shape index (κ1) is 15.5. The van der Waals surface area contributed by atoms with E-state index in [2.05, 4.69) is 10.0 Å². The Balaban J connectivity index is 2.68. The van der Waals surface area contributed by atoms with Gasteiger partial charge in [-0.25, -0.2) is 13.1 Å². The Morgan fingerprint density at radius 2 is 2.00 bits per heavy atom. The number of amides is 1. The van der Waals surface area contributed by atoms with Crippen molar-refractivity contribution >= 4 is 21.6 Å². The number of carbonyl (C=O) groups is 1. The predicted octanol–water partition coefficient (Wildman–Crippen LogP) is 0.382. The van der Waals surface area contributed by atoms with Gasteiger partial charge in [0.25, 0.3) is 0 Å². The molecular weight excluding hydrogens is 266 g/mol. The Labute approximate surface area is 113 Å². The first-order valence-corrected chi connectivity index (χ1v) is 7.47. The number of hydrogen-bond acceptors (Lipinski definition) is 4. The lowest BCUT2D eigenvalue weighted by Gasteiger charge is -2.08. The molecule has 0 aromatic heterocycles. The highest BCUT2D eigenvalue weighted by atomic mass is 32.2. The van der Waals surface area contributed by atoms with Crippen LogP contribution in [0.4, 0.5) is 5.69 Å². The van der Waals surface area contributed by atoms with E-state index < -0.39 is 10.0 Å². The number of nitrogen functional groups attached to an aromatic ring is 1. The van der Waals surface area contributed by atoms with Gasteiger partial charge < -0.3 is 11.1 Å². The van der Waals surface area contributed by atoms with Gasteiger partial charge in [0.2, 0.25) is 15.9 Å². The van der Waals surface area contributed by atoms with Gasteiger partial charge in [0.1, 0.15) is 0 Å². The van der Waals surface area contributed by atoms with Gasteiger partial charge in [0, 0.05) is 25.2 Å². The van der Waals surface area contributed by atoms with Crippen LogP contribution in [0.5, 0.6) is 0 Å². The van der Waals surface area contributed by atoms with Crippen LogP contribution in [0.1, 0.15) is 18.9 Å². The molecule has 0 saturated heterocycles. The second kappa shape index (κ2) is 6.53. The number of aryl methyl sites for hydroxylation is 1. The zero-order valence-electron chi connectivity index (χ0n) is 11.1. The summed E-state index contributed by atoms with van der Waals surface area (Å²) >= 11 is 0. The van der Waals surface area contributed by atoms with E-state index in [1.807, 2.05) is 0 Å². The van der Waals surface area contributed by atoms with Crippen LogP contribution in [0.2, 0.25) is 0 Å². The maximum Gasteiger partial charge on any atom is 0.240 e. The molecule has 0 atom stereocenters. The number of carbonyl (C=O) groups excluding carboxylic acids is 1. The second-order valence-corrected chi connectivity index (χ2v) is 5.95. The second-order valence-electron chi connectivity index (χ2n) is 4.18. The van der Waals surface area contributed by atoms with Crippen molar-refractivity contribution in [3.63, 3.8) is 0 Å². The number of rotatable bonds is 6. The molecule has 0 radical (unpaired) electrons. The molecule has 0 aliphatic carbocycles. The number of nitrogens with one attached hydrogen (secondary N) is 2. The topological polar surface area (TPSA) is 101 Å². The monoisotopic (exact) mass is 285 g/mol. The fourth-order valence-electron chi connectivity index (χ4n) is 1.60. The Morgan fingerprint density at radius 3 is 2.58 bits per heavy atom. The summed E-state index contributed by atoms with van der Waals surface area (Å²) < 4.78 is 26.3. The zero-order chi connectivity index (χ0) is 14.5. The third kappa shape index (κ3) is 4.88. The highest BCUT2D eigenvalue weighted by Crippen LogP contribution is 2.15. The van der Waals surface area contributed by atoms with Gasteiger partial charge in [-0.1, -0.05) is 0 Å². The molecular formula is C12H19N3O3S. The van der Waals surface area contributed by atoms with Crippen LogP contribution in [0, 0.1) is 6.92 Å². The normalized spacial score (nSPS) is 11.3. The largest absolute Gasteiger partial charge is 0.399 e. The Morgan fingerprint density at radius 1 is 1.32 bits per heavy atom. The van der Waals surface area contributed by atoms with Gasteiger partial charge in [0.15, 0.2) is 0 Å². The minimum absolute atomic E-state index is 0.0576. The van der Waals surface area contributed by atoms with Crippen LogP contribution >= 0.6 is 0 Å². The average Bonchev–Trinajstić information content (AvgIpc) is 2.27.